The summed E-state index contributed by atoms with van der Waals surface area (Å²) in [6, 6.07) is 5.47. The molecule has 106 valence electrons. The van der Waals surface area contributed by atoms with Crippen molar-refractivity contribution in [3.05, 3.63) is 34.1 Å². The van der Waals surface area contributed by atoms with E-state index in [0.717, 1.165) is 36.0 Å². The van der Waals surface area contributed by atoms with Crippen LogP contribution in [0.5, 0.6) is 0 Å². The Kier molecular flexibility index (Phi) is 5.79. The highest BCUT2D eigenvalue weighted by Crippen LogP contribution is 2.21. The third-order valence-electron chi connectivity index (χ3n) is 3.58. The smallest absolute Gasteiger partial charge is 0.127 e. The standard InChI is InChI=1S/C15H21BrFNO/c1-2-18-14(15-5-3-4-8-19-15)9-11-6-7-12(16)10-13(11)17/h6-7,10,14-15,18H,2-5,8-9H2,1H3. The van der Waals surface area contributed by atoms with E-state index in [1.54, 1.807) is 0 Å². The van der Waals surface area contributed by atoms with Gasteiger partial charge in [0.2, 0.25) is 0 Å². The fourth-order valence-electron chi connectivity index (χ4n) is 2.60. The summed E-state index contributed by atoms with van der Waals surface area (Å²) in [5.74, 6) is -0.145. The van der Waals surface area contributed by atoms with Crippen molar-refractivity contribution < 1.29 is 9.13 Å². The van der Waals surface area contributed by atoms with Crippen molar-refractivity contribution >= 4 is 15.9 Å². The van der Waals surface area contributed by atoms with Crippen LogP contribution in [-0.2, 0) is 11.2 Å². The number of likely N-dealkylation sites (N-methyl/N-ethyl adjacent to an activating group) is 1. The average molecular weight is 330 g/mol. The van der Waals surface area contributed by atoms with Crippen LogP contribution >= 0.6 is 15.9 Å². The summed E-state index contributed by atoms with van der Waals surface area (Å²) in [4.78, 5) is 0. The van der Waals surface area contributed by atoms with E-state index in [2.05, 4.69) is 28.2 Å². The molecule has 2 atom stereocenters. The zero-order valence-corrected chi connectivity index (χ0v) is 12.9. The van der Waals surface area contributed by atoms with E-state index in [0.29, 0.717) is 6.42 Å². The molecule has 1 aliphatic heterocycles. The quantitative estimate of drug-likeness (QED) is 0.889. The van der Waals surface area contributed by atoms with Gasteiger partial charge in [0.1, 0.15) is 5.82 Å². The minimum atomic E-state index is -0.145. The molecule has 19 heavy (non-hydrogen) atoms. The number of nitrogens with one attached hydrogen (secondary N) is 1. The van der Waals surface area contributed by atoms with Crippen LogP contribution in [-0.4, -0.2) is 25.3 Å². The molecule has 1 aromatic rings. The number of halogens is 2. The van der Waals surface area contributed by atoms with Gasteiger partial charge in [-0.05, 0) is 49.9 Å². The second-order valence-electron chi connectivity index (χ2n) is 5.01. The van der Waals surface area contributed by atoms with Crippen LogP contribution in [0.2, 0.25) is 0 Å². The normalized spacial score (nSPS) is 21.3. The average Bonchev–Trinajstić information content (AvgIpc) is 2.42. The maximum absolute atomic E-state index is 13.9. The molecule has 4 heteroatoms. The fourth-order valence-corrected chi connectivity index (χ4v) is 2.94. The molecular weight excluding hydrogens is 309 g/mol. The minimum Gasteiger partial charge on any atom is -0.377 e. The fraction of sp³-hybridized carbons (Fsp3) is 0.600. The van der Waals surface area contributed by atoms with Gasteiger partial charge in [-0.2, -0.15) is 0 Å². The Bertz CT molecular complexity index is 407. The summed E-state index contributed by atoms with van der Waals surface area (Å²) in [6.45, 7) is 3.78. The van der Waals surface area contributed by atoms with Crippen molar-refractivity contribution in [2.24, 2.45) is 0 Å². The van der Waals surface area contributed by atoms with Crippen molar-refractivity contribution in [2.75, 3.05) is 13.2 Å². The summed E-state index contributed by atoms with van der Waals surface area (Å²) in [5, 5.41) is 3.44. The molecule has 2 unspecified atom stereocenters. The third-order valence-corrected chi connectivity index (χ3v) is 4.08. The first-order valence-electron chi connectivity index (χ1n) is 6.99. The van der Waals surface area contributed by atoms with E-state index in [9.17, 15) is 4.39 Å². The van der Waals surface area contributed by atoms with Gasteiger partial charge in [-0.1, -0.05) is 28.9 Å². The van der Waals surface area contributed by atoms with Gasteiger partial charge < -0.3 is 10.1 Å². The molecule has 0 amide bonds. The Morgan fingerprint density at radius 1 is 1.47 bits per heavy atom. The zero-order chi connectivity index (χ0) is 13.7. The lowest BCUT2D eigenvalue weighted by Crippen LogP contribution is -2.44. The van der Waals surface area contributed by atoms with Gasteiger partial charge in [0.25, 0.3) is 0 Å². The summed E-state index contributed by atoms with van der Waals surface area (Å²) in [5.41, 5.74) is 0.753. The Morgan fingerprint density at radius 3 is 2.95 bits per heavy atom. The van der Waals surface area contributed by atoms with Crippen LogP contribution in [0.3, 0.4) is 0 Å². The van der Waals surface area contributed by atoms with E-state index in [1.165, 1.54) is 12.5 Å². The molecule has 1 N–H and O–H groups in total. The molecule has 1 saturated heterocycles. The molecule has 0 aromatic heterocycles. The second kappa shape index (κ2) is 7.36. The van der Waals surface area contributed by atoms with Gasteiger partial charge in [0.15, 0.2) is 0 Å². The SMILES string of the molecule is CCNC(Cc1ccc(Br)cc1F)C1CCCCO1. The van der Waals surface area contributed by atoms with Crippen molar-refractivity contribution in [3.8, 4) is 0 Å². The predicted molar refractivity (Wildman–Crippen MR) is 78.9 cm³/mol. The highest BCUT2D eigenvalue weighted by Gasteiger charge is 2.24. The molecule has 0 saturated carbocycles. The molecular formula is C15H21BrFNO. The van der Waals surface area contributed by atoms with Gasteiger partial charge in [-0.25, -0.2) is 4.39 Å². The molecule has 1 aromatic carbocycles. The van der Waals surface area contributed by atoms with Gasteiger partial charge >= 0.3 is 0 Å². The van der Waals surface area contributed by atoms with E-state index in [4.69, 9.17) is 4.74 Å². The monoisotopic (exact) mass is 329 g/mol. The maximum Gasteiger partial charge on any atom is 0.127 e. The molecule has 0 aliphatic carbocycles. The van der Waals surface area contributed by atoms with Crippen LogP contribution in [0, 0.1) is 5.82 Å². The van der Waals surface area contributed by atoms with Gasteiger partial charge in [0, 0.05) is 17.1 Å². The lowest BCUT2D eigenvalue weighted by Gasteiger charge is -2.31. The minimum absolute atomic E-state index is 0.145. The van der Waals surface area contributed by atoms with Crippen LogP contribution in [0.15, 0.2) is 22.7 Å². The Labute approximate surface area is 122 Å². The van der Waals surface area contributed by atoms with Crippen LogP contribution in [0.4, 0.5) is 4.39 Å². The molecule has 0 spiro atoms. The number of ether oxygens (including phenoxy) is 1. The highest BCUT2D eigenvalue weighted by atomic mass is 79.9. The van der Waals surface area contributed by atoms with Crippen molar-refractivity contribution in [1.82, 2.24) is 5.32 Å². The largest absolute Gasteiger partial charge is 0.377 e. The molecule has 2 nitrogen and oxygen atoms in total. The first-order chi connectivity index (χ1) is 9.20. The van der Waals surface area contributed by atoms with Gasteiger partial charge in [-0.15, -0.1) is 0 Å². The molecule has 1 aliphatic rings. The predicted octanol–water partition coefficient (Wildman–Crippen LogP) is 3.68. The van der Waals surface area contributed by atoms with Crippen LogP contribution < -0.4 is 5.32 Å². The lowest BCUT2D eigenvalue weighted by atomic mass is 9.95. The van der Waals surface area contributed by atoms with E-state index < -0.39 is 0 Å². The molecule has 1 fully saturated rings. The number of hydrogen-bond acceptors (Lipinski definition) is 2. The van der Waals surface area contributed by atoms with Crippen LogP contribution in [0.1, 0.15) is 31.7 Å². The van der Waals surface area contributed by atoms with Crippen LogP contribution in [0.25, 0.3) is 0 Å². The number of rotatable bonds is 5. The molecule has 0 radical (unpaired) electrons. The summed E-state index contributed by atoms with van der Waals surface area (Å²) >= 11 is 3.29. The third kappa shape index (κ3) is 4.26. The summed E-state index contributed by atoms with van der Waals surface area (Å²) in [7, 11) is 0. The van der Waals surface area contributed by atoms with E-state index in [-0.39, 0.29) is 18.0 Å². The van der Waals surface area contributed by atoms with Gasteiger partial charge in [-0.3, -0.25) is 0 Å². The summed E-state index contributed by atoms with van der Waals surface area (Å²) in [6.07, 6.45) is 4.29. The first kappa shape index (κ1) is 14.9. The Morgan fingerprint density at radius 2 is 2.32 bits per heavy atom. The van der Waals surface area contributed by atoms with Crippen molar-refractivity contribution in [2.45, 2.75) is 44.8 Å². The van der Waals surface area contributed by atoms with Crippen molar-refractivity contribution in [1.29, 1.82) is 0 Å². The van der Waals surface area contributed by atoms with E-state index in [1.807, 2.05) is 12.1 Å². The Hall–Kier alpha value is -0.450. The maximum atomic E-state index is 13.9. The molecule has 1 heterocycles. The topological polar surface area (TPSA) is 21.3 Å². The van der Waals surface area contributed by atoms with Crippen molar-refractivity contribution in [3.63, 3.8) is 0 Å². The number of benzene rings is 1. The highest BCUT2D eigenvalue weighted by molar-refractivity contribution is 9.10. The summed E-state index contributed by atoms with van der Waals surface area (Å²) < 4.78 is 20.5. The molecule has 2 rings (SSSR count). The second-order valence-corrected chi connectivity index (χ2v) is 5.92. The zero-order valence-electron chi connectivity index (χ0n) is 11.3. The molecule has 0 bridgehead atoms. The first-order valence-corrected chi connectivity index (χ1v) is 7.79. The lowest BCUT2D eigenvalue weighted by molar-refractivity contribution is -0.00723. The van der Waals surface area contributed by atoms with E-state index >= 15 is 0 Å². The Balaban J connectivity index is 2.06. The van der Waals surface area contributed by atoms with Gasteiger partial charge in [0.05, 0.1) is 6.10 Å². The number of hydrogen-bond donors (Lipinski definition) is 1.